The average molecular weight is 346 g/mol. The molecule has 0 heterocycles. The zero-order valence-corrected chi connectivity index (χ0v) is 15.3. The van der Waals surface area contributed by atoms with E-state index >= 15 is 0 Å². The Bertz CT molecular complexity index is 276. The van der Waals surface area contributed by atoms with E-state index in [0.717, 1.165) is 38.5 Å². The molecular weight excluding hydrogens is 312 g/mol. The second-order valence-electron chi connectivity index (χ2n) is 5.58. The van der Waals surface area contributed by atoms with Crippen molar-refractivity contribution in [3.05, 3.63) is 0 Å². The van der Waals surface area contributed by atoms with Crippen LogP contribution in [0, 0.1) is 0 Å². The molecular formula is C18H34O6. The quantitative estimate of drug-likeness (QED) is 0.297. The largest absolute Gasteiger partial charge is 0.463 e. The lowest BCUT2D eigenvalue weighted by Crippen LogP contribution is -2.15. The van der Waals surface area contributed by atoms with Crippen molar-refractivity contribution in [1.82, 2.24) is 0 Å². The monoisotopic (exact) mass is 346 g/mol. The number of unbranched alkanes of at least 4 members (excludes halogenated alkanes) is 4. The number of rotatable bonds is 17. The van der Waals surface area contributed by atoms with E-state index in [-0.39, 0.29) is 25.2 Å². The third-order valence-electron chi connectivity index (χ3n) is 3.32. The first kappa shape index (κ1) is 22.9. The Balaban J connectivity index is 3.20. The fourth-order valence-corrected chi connectivity index (χ4v) is 1.93. The fourth-order valence-electron chi connectivity index (χ4n) is 1.93. The molecule has 0 aliphatic carbocycles. The highest BCUT2D eigenvalue weighted by atomic mass is 16.6. The van der Waals surface area contributed by atoms with Crippen LogP contribution in [0.25, 0.3) is 0 Å². The van der Waals surface area contributed by atoms with Crippen LogP contribution in [0.1, 0.15) is 65.2 Å². The van der Waals surface area contributed by atoms with E-state index in [4.69, 9.17) is 18.9 Å². The van der Waals surface area contributed by atoms with Gasteiger partial charge in [0, 0.05) is 12.8 Å². The molecule has 0 aliphatic rings. The van der Waals surface area contributed by atoms with Crippen LogP contribution < -0.4 is 0 Å². The van der Waals surface area contributed by atoms with Crippen molar-refractivity contribution in [2.24, 2.45) is 0 Å². The molecule has 6 heteroatoms. The molecule has 0 N–H and O–H groups in total. The molecule has 0 amide bonds. The summed E-state index contributed by atoms with van der Waals surface area (Å²) in [6, 6.07) is 0. The number of hydrogen-bond donors (Lipinski definition) is 0. The van der Waals surface area contributed by atoms with Crippen molar-refractivity contribution < 1.29 is 28.5 Å². The predicted octanol–water partition coefficient (Wildman–Crippen LogP) is 3.27. The van der Waals surface area contributed by atoms with Crippen molar-refractivity contribution in [1.29, 1.82) is 0 Å². The van der Waals surface area contributed by atoms with E-state index in [2.05, 4.69) is 13.8 Å². The van der Waals surface area contributed by atoms with Crippen molar-refractivity contribution in [2.75, 3.05) is 39.6 Å². The van der Waals surface area contributed by atoms with Gasteiger partial charge in [-0.25, -0.2) is 0 Å². The Morgan fingerprint density at radius 2 is 0.958 bits per heavy atom. The zero-order chi connectivity index (χ0) is 17.9. The van der Waals surface area contributed by atoms with Gasteiger partial charge in [0.1, 0.15) is 13.2 Å². The van der Waals surface area contributed by atoms with Crippen LogP contribution in [0.3, 0.4) is 0 Å². The van der Waals surface area contributed by atoms with E-state index in [1.807, 2.05) is 0 Å². The van der Waals surface area contributed by atoms with Gasteiger partial charge in [-0.3, -0.25) is 9.59 Å². The molecule has 0 atom stereocenters. The molecule has 0 aliphatic heterocycles. The number of carbonyl (C=O) groups excluding carboxylic acids is 2. The normalized spacial score (nSPS) is 10.6. The van der Waals surface area contributed by atoms with Gasteiger partial charge in [-0.05, 0) is 12.8 Å². The first-order valence-corrected chi connectivity index (χ1v) is 9.17. The van der Waals surface area contributed by atoms with E-state index in [1.54, 1.807) is 0 Å². The smallest absolute Gasteiger partial charge is 0.305 e. The topological polar surface area (TPSA) is 71.1 Å². The van der Waals surface area contributed by atoms with E-state index < -0.39 is 0 Å². The number of carbonyl (C=O) groups is 2. The molecule has 0 saturated heterocycles. The van der Waals surface area contributed by atoms with Gasteiger partial charge < -0.3 is 18.9 Å². The molecule has 0 saturated carbocycles. The second kappa shape index (κ2) is 18.2. The highest BCUT2D eigenvalue weighted by Gasteiger charge is 2.03. The Hall–Kier alpha value is -1.14. The maximum absolute atomic E-state index is 11.3. The van der Waals surface area contributed by atoms with Gasteiger partial charge in [-0.1, -0.05) is 39.5 Å². The Kier molecular flexibility index (Phi) is 17.3. The first-order valence-electron chi connectivity index (χ1n) is 9.17. The Labute approximate surface area is 146 Å². The summed E-state index contributed by atoms with van der Waals surface area (Å²) in [5.41, 5.74) is 0. The van der Waals surface area contributed by atoms with E-state index in [9.17, 15) is 9.59 Å². The maximum atomic E-state index is 11.3. The summed E-state index contributed by atoms with van der Waals surface area (Å²) in [6.07, 6.45) is 7.01. The van der Waals surface area contributed by atoms with Crippen LogP contribution in [-0.2, 0) is 28.5 Å². The van der Waals surface area contributed by atoms with Crippen LogP contribution >= 0.6 is 0 Å². The average Bonchev–Trinajstić information content (AvgIpc) is 2.57. The van der Waals surface area contributed by atoms with Crippen LogP contribution in [0.15, 0.2) is 0 Å². The summed E-state index contributed by atoms with van der Waals surface area (Å²) >= 11 is 0. The minimum absolute atomic E-state index is 0.163. The highest BCUT2D eigenvalue weighted by Crippen LogP contribution is 2.01. The second-order valence-corrected chi connectivity index (χ2v) is 5.58. The van der Waals surface area contributed by atoms with Crippen molar-refractivity contribution in [2.45, 2.75) is 65.2 Å². The van der Waals surface area contributed by atoms with Gasteiger partial charge in [0.2, 0.25) is 0 Å². The van der Waals surface area contributed by atoms with Gasteiger partial charge in [-0.15, -0.1) is 0 Å². The lowest BCUT2D eigenvalue weighted by Gasteiger charge is -2.07. The lowest BCUT2D eigenvalue weighted by atomic mass is 10.2. The molecule has 0 radical (unpaired) electrons. The van der Waals surface area contributed by atoms with Crippen LogP contribution in [0.2, 0.25) is 0 Å². The SMILES string of the molecule is CCCCCC(=O)OCCOCCOCCOC(=O)CCCCC. The van der Waals surface area contributed by atoms with Crippen molar-refractivity contribution in [3.63, 3.8) is 0 Å². The molecule has 0 bridgehead atoms. The van der Waals surface area contributed by atoms with Gasteiger partial charge in [-0.2, -0.15) is 0 Å². The minimum Gasteiger partial charge on any atom is -0.463 e. The van der Waals surface area contributed by atoms with Crippen LogP contribution in [0.4, 0.5) is 0 Å². The minimum atomic E-state index is -0.163. The number of hydrogen-bond acceptors (Lipinski definition) is 6. The van der Waals surface area contributed by atoms with Crippen molar-refractivity contribution >= 4 is 11.9 Å². The van der Waals surface area contributed by atoms with Crippen LogP contribution in [0.5, 0.6) is 0 Å². The molecule has 0 fully saturated rings. The molecule has 0 aromatic carbocycles. The van der Waals surface area contributed by atoms with Gasteiger partial charge in [0.25, 0.3) is 0 Å². The molecule has 0 unspecified atom stereocenters. The highest BCUT2D eigenvalue weighted by molar-refractivity contribution is 5.69. The molecule has 0 aromatic heterocycles. The van der Waals surface area contributed by atoms with Crippen molar-refractivity contribution in [3.8, 4) is 0 Å². The number of ether oxygens (including phenoxy) is 4. The molecule has 0 rings (SSSR count). The summed E-state index contributed by atoms with van der Waals surface area (Å²) in [5.74, 6) is -0.326. The maximum Gasteiger partial charge on any atom is 0.305 e. The van der Waals surface area contributed by atoms with Gasteiger partial charge in [0.15, 0.2) is 0 Å². The predicted molar refractivity (Wildman–Crippen MR) is 91.8 cm³/mol. The Morgan fingerprint density at radius 1 is 0.583 bits per heavy atom. The summed E-state index contributed by atoms with van der Waals surface area (Å²) < 4.78 is 20.7. The molecule has 0 aromatic rings. The summed E-state index contributed by atoms with van der Waals surface area (Å²) in [4.78, 5) is 22.6. The molecule has 0 spiro atoms. The third kappa shape index (κ3) is 17.2. The fraction of sp³-hybridized carbons (Fsp3) is 0.889. The molecule has 142 valence electrons. The summed E-state index contributed by atoms with van der Waals surface area (Å²) in [6.45, 7) is 6.35. The Morgan fingerprint density at radius 3 is 1.33 bits per heavy atom. The standard InChI is InChI=1S/C18H34O6/c1-3-5-7-9-17(19)23-15-13-21-11-12-22-14-16-24-18(20)10-8-6-4-2/h3-16H2,1-2H3. The van der Waals surface area contributed by atoms with Crippen LogP contribution in [-0.4, -0.2) is 51.6 Å². The van der Waals surface area contributed by atoms with E-state index in [0.29, 0.717) is 39.3 Å². The summed E-state index contributed by atoms with van der Waals surface area (Å²) in [5, 5.41) is 0. The van der Waals surface area contributed by atoms with Gasteiger partial charge >= 0.3 is 11.9 Å². The lowest BCUT2D eigenvalue weighted by molar-refractivity contribution is -0.147. The third-order valence-corrected chi connectivity index (χ3v) is 3.32. The zero-order valence-electron chi connectivity index (χ0n) is 15.3. The molecule has 6 nitrogen and oxygen atoms in total. The molecule has 24 heavy (non-hydrogen) atoms. The summed E-state index contributed by atoms with van der Waals surface area (Å²) in [7, 11) is 0. The first-order chi connectivity index (χ1) is 11.7. The van der Waals surface area contributed by atoms with Gasteiger partial charge in [0.05, 0.1) is 26.4 Å². The van der Waals surface area contributed by atoms with E-state index in [1.165, 1.54) is 0 Å². The number of esters is 2.